The maximum absolute atomic E-state index is 12.2. The quantitative estimate of drug-likeness (QED) is 0.671. The number of carbonyl (C=O) groups is 3. The van der Waals surface area contributed by atoms with Crippen molar-refractivity contribution in [2.24, 2.45) is 0 Å². The number of aliphatic hydroxyl groups excluding tert-OH is 1. The Balaban J connectivity index is 2.54. The number of rotatable bonds is 3. The van der Waals surface area contributed by atoms with Crippen LogP contribution in [0.5, 0.6) is 0 Å². The third-order valence-corrected chi connectivity index (χ3v) is 3.10. The highest BCUT2D eigenvalue weighted by Crippen LogP contribution is 2.32. The molecule has 0 radical (unpaired) electrons. The second-order valence-electron chi connectivity index (χ2n) is 4.56. The number of hydrogen-bond acceptors (Lipinski definition) is 4. The monoisotopic (exact) mass is 262 g/mol. The molecule has 0 saturated carbocycles. The average Bonchev–Trinajstić information content (AvgIpc) is 2.34. The fourth-order valence-corrected chi connectivity index (χ4v) is 2.29. The van der Waals surface area contributed by atoms with Gasteiger partial charge in [0.05, 0.1) is 6.10 Å². The molecule has 0 aliphatic carbocycles. The zero-order chi connectivity index (χ0) is 14.0. The summed E-state index contributed by atoms with van der Waals surface area (Å²) >= 11 is 0. The fourth-order valence-electron chi connectivity index (χ4n) is 2.29. The van der Waals surface area contributed by atoms with Crippen LogP contribution in [0.15, 0.2) is 30.3 Å². The number of imide groups is 2. The lowest BCUT2D eigenvalue weighted by molar-refractivity contribution is -0.140. The van der Waals surface area contributed by atoms with Gasteiger partial charge in [0, 0.05) is 6.42 Å². The first-order chi connectivity index (χ1) is 8.96. The summed E-state index contributed by atoms with van der Waals surface area (Å²) in [5, 5.41) is 13.8. The third-order valence-electron chi connectivity index (χ3n) is 3.10. The molecular weight excluding hydrogens is 248 g/mol. The molecule has 0 aromatic heterocycles. The van der Waals surface area contributed by atoms with Gasteiger partial charge >= 0.3 is 6.03 Å². The van der Waals surface area contributed by atoms with Crippen molar-refractivity contribution in [2.75, 3.05) is 0 Å². The molecule has 6 nitrogen and oxygen atoms in total. The molecule has 1 fully saturated rings. The van der Waals surface area contributed by atoms with E-state index >= 15 is 0 Å². The van der Waals surface area contributed by atoms with Crippen molar-refractivity contribution in [1.82, 2.24) is 10.6 Å². The predicted molar refractivity (Wildman–Crippen MR) is 66.1 cm³/mol. The van der Waals surface area contributed by atoms with Gasteiger partial charge in [-0.2, -0.15) is 0 Å². The molecule has 1 aliphatic heterocycles. The summed E-state index contributed by atoms with van der Waals surface area (Å²) in [6.45, 7) is 1.49. The summed E-state index contributed by atoms with van der Waals surface area (Å²) < 4.78 is 0. The second-order valence-corrected chi connectivity index (χ2v) is 4.56. The van der Waals surface area contributed by atoms with Gasteiger partial charge in [-0.05, 0) is 12.5 Å². The number of aliphatic hydroxyl groups is 1. The highest BCUT2D eigenvalue weighted by molar-refractivity contribution is 6.22. The zero-order valence-corrected chi connectivity index (χ0v) is 10.3. The van der Waals surface area contributed by atoms with E-state index in [0.29, 0.717) is 5.56 Å². The summed E-state index contributed by atoms with van der Waals surface area (Å²) in [4.78, 5) is 35.5. The molecule has 0 bridgehead atoms. The highest BCUT2D eigenvalue weighted by atomic mass is 16.3. The van der Waals surface area contributed by atoms with Crippen LogP contribution in [0.1, 0.15) is 18.9 Å². The van der Waals surface area contributed by atoms with Crippen LogP contribution in [-0.4, -0.2) is 29.1 Å². The number of amides is 4. The molecule has 3 N–H and O–H groups in total. The Morgan fingerprint density at radius 1 is 1.11 bits per heavy atom. The number of hydrogen-bond donors (Lipinski definition) is 3. The van der Waals surface area contributed by atoms with Crippen LogP contribution < -0.4 is 10.6 Å². The van der Waals surface area contributed by atoms with Gasteiger partial charge in [0.25, 0.3) is 0 Å². The van der Waals surface area contributed by atoms with E-state index in [9.17, 15) is 19.5 Å². The first-order valence-corrected chi connectivity index (χ1v) is 5.87. The molecule has 1 aliphatic rings. The summed E-state index contributed by atoms with van der Waals surface area (Å²) in [6.07, 6.45) is -0.966. The Morgan fingerprint density at radius 3 is 2.11 bits per heavy atom. The maximum atomic E-state index is 12.2. The van der Waals surface area contributed by atoms with Gasteiger partial charge in [0.1, 0.15) is 0 Å². The number of barbiturate groups is 1. The first-order valence-electron chi connectivity index (χ1n) is 5.87. The molecule has 0 spiro atoms. The molecule has 19 heavy (non-hydrogen) atoms. The van der Waals surface area contributed by atoms with E-state index in [2.05, 4.69) is 10.6 Å². The van der Waals surface area contributed by atoms with Crippen molar-refractivity contribution in [3.8, 4) is 0 Å². The lowest BCUT2D eigenvalue weighted by atomic mass is 9.73. The number of urea groups is 1. The Hall–Kier alpha value is -2.21. The Labute approximate surface area is 109 Å². The van der Waals surface area contributed by atoms with Gasteiger partial charge in [-0.3, -0.25) is 20.2 Å². The third kappa shape index (κ3) is 2.22. The van der Waals surface area contributed by atoms with Crippen molar-refractivity contribution in [2.45, 2.75) is 24.9 Å². The molecule has 2 rings (SSSR count). The predicted octanol–water partition coefficient (Wildman–Crippen LogP) is 0.0613. The van der Waals surface area contributed by atoms with Gasteiger partial charge in [-0.1, -0.05) is 30.3 Å². The summed E-state index contributed by atoms with van der Waals surface area (Å²) in [5.41, 5.74) is -1.14. The van der Waals surface area contributed by atoms with Gasteiger partial charge < -0.3 is 5.11 Å². The van der Waals surface area contributed by atoms with E-state index in [0.717, 1.165) is 0 Å². The van der Waals surface area contributed by atoms with E-state index in [4.69, 9.17) is 0 Å². The Kier molecular flexibility index (Phi) is 3.35. The molecule has 1 saturated heterocycles. The van der Waals surface area contributed by atoms with E-state index in [-0.39, 0.29) is 6.42 Å². The average molecular weight is 262 g/mol. The number of nitrogens with one attached hydrogen (secondary N) is 2. The zero-order valence-electron chi connectivity index (χ0n) is 10.3. The summed E-state index contributed by atoms with van der Waals surface area (Å²) in [7, 11) is 0. The molecule has 1 heterocycles. The van der Waals surface area contributed by atoms with Crippen molar-refractivity contribution in [3.05, 3.63) is 35.9 Å². The van der Waals surface area contributed by atoms with Crippen molar-refractivity contribution in [1.29, 1.82) is 0 Å². The van der Waals surface area contributed by atoms with E-state index in [1.807, 2.05) is 0 Å². The maximum Gasteiger partial charge on any atom is 0.328 e. The second kappa shape index (κ2) is 4.81. The van der Waals surface area contributed by atoms with Crippen molar-refractivity contribution >= 4 is 17.8 Å². The smallest absolute Gasteiger partial charge is 0.328 e. The standard InChI is InChI=1S/C13H14N2O4/c1-8(16)7-13(9-5-3-2-4-6-9)10(17)14-12(19)15-11(13)18/h2-6,8,16H,7H2,1H3,(H2,14,15,17,18,19). The molecule has 1 aromatic rings. The Bertz CT molecular complexity index is 505. The van der Waals surface area contributed by atoms with E-state index in [1.165, 1.54) is 6.92 Å². The van der Waals surface area contributed by atoms with Crippen LogP contribution >= 0.6 is 0 Å². The minimum Gasteiger partial charge on any atom is -0.393 e. The van der Waals surface area contributed by atoms with E-state index in [1.54, 1.807) is 30.3 Å². The molecular formula is C13H14N2O4. The van der Waals surface area contributed by atoms with Gasteiger partial charge in [-0.15, -0.1) is 0 Å². The summed E-state index contributed by atoms with van der Waals surface area (Å²) in [6, 6.07) is 7.54. The van der Waals surface area contributed by atoms with Gasteiger partial charge in [0.2, 0.25) is 11.8 Å². The lowest BCUT2D eigenvalue weighted by Gasteiger charge is -2.35. The Morgan fingerprint density at radius 2 is 1.63 bits per heavy atom. The van der Waals surface area contributed by atoms with Gasteiger partial charge in [-0.25, -0.2) is 4.79 Å². The summed E-state index contributed by atoms with van der Waals surface area (Å²) in [5.74, 6) is -1.43. The fraction of sp³-hybridized carbons (Fsp3) is 0.308. The topological polar surface area (TPSA) is 95.5 Å². The molecule has 1 unspecified atom stereocenters. The molecule has 4 amide bonds. The first kappa shape index (κ1) is 13.2. The highest BCUT2D eigenvalue weighted by Gasteiger charge is 2.52. The molecule has 100 valence electrons. The van der Waals surface area contributed by atoms with Crippen molar-refractivity contribution < 1.29 is 19.5 Å². The molecule has 1 aromatic carbocycles. The van der Waals surface area contributed by atoms with Crippen LogP contribution in [0.25, 0.3) is 0 Å². The minimum atomic E-state index is -1.58. The van der Waals surface area contributed by atoms with Crippen LogP contribution in [-0.2, 0) is 15.0 Å². The van der Waals surface area contributed by atoms with Crippen LogP contribution in [0.2, 0.25) is 0 Å². The number of carbonyl (C=O) groups excluding carboxylic acids is 3. The number of benzene rings is 1. The normalized spacial score (nSPS) is 19.6. The largest absolute Gasteiger partial charge is 0.393 e. The van der Waals surface area contributed by atoms with Crippen LogP contribution in [0.3, 0.4) is 0 Å². The van der Waals surface area contributed by atoms with Crippen molar-refractivity contribution in [3.63, 3.8) is 0 Å². The molecule has 6 heteroatoms. The van der Waals surface area contributed by atoms with Crippen LogP contribution in [0.4, 0.5) is 4.79 Å². The minimum absolute atomic E-state index is 0.0953. The van der Waals surface area contributed by atoms with E-state index < -0.39 is 29.4 Å². The van der Waals surface area contributed by atoms with Gasteiger partial charge in [0.15, 0.2) is 5.41 Å². The SMILES string of the molecule is CC(O)CC1(c2ccccc2)C(=O)NC(=O)NC1=O. The molecule has 1 atom stereocenters. The van der Waals surface area contributed by atoms with Crippen LogP contribution in [0, 0.1) is 0 Å². The lowest BCUT2D eigenvalue weighted by Crippen LogP contribution is -2.65.